The van der Waals surface area contributed by atoms with Gasteiger partial charge >= 0.3 is 0 Å². The molecule has 0 N–H and O–H groups in total. The molecule has 0 atom stereocenters. The van der Waals surface area contributed by atoms with Gasteiger partial charge in [-0.25, -0.2) is 4.98 Å². The molecule has 0 spiro atoms. The van der Waals surface area contributed by atoms with Crippen LogP contribution < -0.4 is 15.1 Å². The van der Waals surface area contributed by atoms with Crippen molar-refractivity contribution in [3.8, 4) is 5.75 Å². The maximum atomic E-state index is 12.6. The molecular formula is C23H22N2O5S. The zero-order valence-electron chi connectivity index (χ0n) is 17.1. The smallest absolute Gasteiger partial charge is 0.256 e. The summed E-state index contributed by atoms with van der Waals surface area (Å²) in [5.41, 5.74) is 2.96. The maximum absolute atomic E-state index is 12.6. The molecule has 160 valence electrons. The van der Waals surface area contributed by atoms with Gasteiger partial charge < -0.3 is 23.2 Å². The first-order chi connectivity index (χ1) is 15.2. The van der Waals surface area contributed by atoms with Crippen molar-refractivity contribution in [3.05, 3.63) is 58.3 Å². The van der Waals surface area contributed by atoms with Crippen LogP contribution in [-0.4, -0.2) is 43.6 Å². The number of thioether (sulfide) groups is 1. The van der Waals surface area contributed by atoms with Gasteiger partial charge in [0, 0.05) is 30.5 Å². The highest BCUT2D eigenvalue weighted by molar-refractivity contribution is 7.99. The lowest BCUT2D eigenvalue weighted by atomic mass is 10.1. The topological polar surface area (TPSA) is 77.9 Å². The van der Waals surface area contributed by atoms with Crippen LogP contribution >= 0.6 is 11.8 Å². The Morgan fingerprint density at radius 1 is 1.13 bits per heavy atom. The fourth-order valence-corrected chi connectivity index (χ4v) is 4.27. The monoisotopic (exact) mass is 438 g/mol. The molecular weight excluding hydrogens is 416 g/mol. The van der Waals surface area contributed by atoms with E-state index in [1.807, 2.05) is 42.2 Å². The van der Waals surface area contributed by atoms with E-state index in [0.717, 1.165) is 16.7 Å². The molecule has 7 nitrogen and oxygen atoms in total. The molecule has 2 aromatic heterocycles. The Morgan fingerprint density at radius 3 is 2.81 bits per heavy atom. The first kappa shape index (κ1) is 20.0. The number of anilines is 1. The second-order valence-corrected chi connectivity index (χ2v) is 8.30. The van der Waals surface area contributed by atoms with Gasteiger partial charge in [-0.2, -0.15) is 0 Å². The lowest BCUT2D eigenvalue weighted by Crippen LogP contribution is -2.36. The van der Waals surface area contributed by atoms with Crippen LogP contribution in [0.15, 0.2) is 61.3 Å². The van der Waals surface area contributed by atoms with Crippen molar-refractivity contribution in [2.45, 2.75) is 12.1 Å². The lowest BCUT2D eigenvalue weighted by molar-refractivity contribution is 0.121. The van der Waals surface area contributed by atoms with Crippen LogP contribution in [0.25, 0.3) is 22.1 Å². The molecule has 0 aliphatic carbocycles. The highest BCUT2D eigenvalue weighted by Gasteiger charge is 2.17. The van der Waals surface area contributed by atoms with E-state index in [4.69, 9.17) is 18.3 Å². The predicted molar refractivity (Wildman–Crippen MR) is 120 cm³/mol. The van der Waals surface area contributed by atoms with Gasteiger partial charge in [-0.15, -0.1) is 0 Å². The van der Waals surface area contributed by atoms with Crippen molar-refractivity contribution in [1.29, 1.82) is 0 Å². The van der Waals surface area contributed by atoms with E-state index in [0.29, 0.717) is 66.5 Å². The molecule has 3 heterocycles. The predicted octanol–water partition coefficient (Wildman–Crippen LogP) is 4.25. The van der Waals surface area contributed by atoms with Gasteiger partial charge in [-0.3, -0.25) is 4.79 Å². The first-order valence-electron chi connectivity index (χ1n) is 10.2. The van der Waals surface area contributed by atoms with Gasteiger partial charge in [0.15, 0.2) is 16.9 Å². The summed E-state index contributed by atoms with van der Waals surface area (Å²) < 4.78 is 23.2. The van der Waals surface area contributed by atoms with Gasteiger partial charge in [0.2, 0.25) is 0 Å². The summed E-state index contributed by atoms with van der Waals surface area (Å²) in [5, 5.41) is 1.18. The summed E-state index contributed by atoms with van der Waals surface area (Å²) in [6.45, 7) is 5.05. The van der Waals surface area contributed by atoms with Crippen molar-refractivity contribution in [2.24, 2.45) is 0 Å². The number of morpholine rings is 1. The second kappa shape index (κ2) is 8.64. The molecule has 4 aromatic rings. The van der Waals surface area contributed by atoms with Gasteiger partial charge in [0.05, 0.1) is 25.2 Å². The molecule has 8 heteroatoms. The van der Waals surface area contributed by atoms with Crippen molar-refractivity contribution in [3.63, 3.8) is 0 Å². The molecule has 0 bridgehead atoms. The van der Waals surface area contributed by atoms with Gasteiger partial charge in [-0.05, 0) is 31.2 Å². The number of benzene rings is 2. The summed E-state index contributed by atoms with van der Waals surface area (Å²) in [4.78, 5) is 19.1. The molecule has 2 aromatic carbocycles. The molecule has 5 rings (SSSR count). The quantitative estimate of drug-likeness (QED) is 0.327. The zero-order chi connectivity index (χ0) is 21.2. The minimum atomic E-state index is -0.0519. The number of fused-ring (bicyclic) bond motifs is 2. The zero-order valence-corrected chi connectivity index (χ0v) is 17.9. The third-order valence-corrected chi connectivity index (χ3v) is 6.04. The molecule has 0 unspecified atom stereocenters. The number of aryl methyl sites for hydroxylation is 1. The third kappa shape index (κ3) is 4.13. The lowest BCUT2D eigenvalue weighted by Gasteiger charge is -2.27. The van der Waals surface area contributed by atoms with Crippen LogP contribution in [-0.2, 0) is 4.74 Å². The second-order valence-electron chi connectivity index (χ2n) is 7.26. The normalized spacial score (nSPS) is 14.4. The summed E-state index contributed by atoms with van der Waals surface area (Å²) in [6, 6.07) is 12.8. The standard InChI is InChI=1S/C23H22N2O5S/c1-15-19(28-12-13-31-23-24-17-4-2-3-5-20(17)29-23)7-6-16-18(26)14-21(30-22(15)16)25-8-10-27-11-9-25/h2-7,14H,8-13H2,1H3. The van der Waals surface area contributed by atoms with Crippen molar-refractivity contribution >= 4 is 39.7 Å². The maximum Gasteiger partial charge on any atom is 0.256 e. The van der Waals surface area contributed by atoms with Crippen molar-refractivity contribution < 1.29 is 18.3 Å². The number of aromatic nitrogens is 1. The average Bonchev–Trinajstić information content (AvgIpc) is 3.22. The summed E-state index contributed by atoms with van der Waals surface area (Å²) >= 11 is 1.50. The molecule has 0 amide bonds. The number of hydrogen-bond acceptors (Lipinski definition) is 8. The fraction of sp³-hybridized carbons (Fsp3) is 0.304. The first-order valence-corrected chi connectivity index (χ1v) is 11.2. The van der Waals surface area contributed by atoms with Gasteiger partial charge in [-0.1, -0.05) is 23.9 Å². The number of para-hydroxylation sites is 2. The Balaban J connectivity index is 1.30. The summed E-state index contributed by atoms with van der Waals surface area (Å²) in [5.74, 6) is 1.96. The molecule has 31 heavy (non-hydrogen) atoms. The minimum absolute atomic E-state index is 0.0519. The Bertz CT molecular complexity index is 1240. The fourth-order valence-electron chi connectivity index (χ4n) is 3.61. The summed E-state index contributed by atoms with van der Waals surface area (Å²) in [7, 11) is 0. The van der Waals surface area contributed by atoms with Crippen LogP contribution in [0.5, 0.6) is 5.75 Å². The Morgan fingerprint density at radius 2 is 1.97 bits per heavy atom. The molecule has 1 fully saturated rings. The van der Waals surface area contributed by atoms with Gasteiger partial charge in [0.1, 0.15) is 16.8 Å². The molecule has 0 saturated carbocycles. The van der Waals surface area contributed by atoms with E-state index in [1.165, 1.54) is 11.8 Å². The van der Waals surface area contributed by atoms with E-state index in [9.17, 15) is 4.79 Å². The number of ether oxygens (including phenoxy) is 2. The summed E-state index contributed by atoms with van der Waals surface area (Å²) in [6.07, 6.45) is 0. The van der Waals surface area contributed by atoms with E-state index in [2.05, 4.69) is 4.98 Å². The SMILES string of the molecule is Cc1c(OCCSc2nc3ccccc3o2)ccc2c(=O)cc(N3CCOCC3)oc12. The van der Waals surface area contributed by atoms with Crippen LogP contribution in [0.1, 0.15) is 5.56 Å². The number of oxazole rings is 1. The number of hydrogen-bond donors (Lipinski definition) is 0. The van der Waals surface area contributed by atoms with E-state index >= 15 is 0 Å². The molecule has 1 saturated heterocycles. The molecule has 0 radical (unpaired) electrons. The molecule has 1 aliphatic heterocycles. The van der Waals surface area contributed by atoms with Crippen LogP contribution in [0, 0.1) is 6.92 Å². The highest BCUT2D eigenvalue weighted by Crippen LogP contribution is 2.29. The Hall–Kier alpha value is -2.97. The van der Waals surface area contributed by atoms with Crippen LogP contribution in [0.3, 0.4) is 0 Å². The van der Waals surface area contributed by atoms with E-state index in [1.54, 1.807) is 12.1 Å². The highest BCUT2D eigenvalue weighted by atomic mass is 32.2. The minimum Gasteiger partial charge on any atom is -0.492 e. The van der Waals surface area contributed by atoms with Crippen LogP contribution in [0.4, 0.5) is 5.88 Å². The van der Waals surface area contributed by atoms with Crippen molar-refractivity contribution in [1.82, 2.24) is 4.98 Å². The van der Waals surface area contributed by atoms with Crippen LogP contribution in [0.2, 0.25) is 0 Å². The van der Waals surface area contributed by atoms with Crippen molar-refractivity contribution in [2.75, 3.05) is 43.6 Å². The average molecular weight is 439 g/mol. The number of nitrogens with zero attached hydrogens (tertiary/aromatic N) is 2. The number of rotatable bonds is 6. The van der Waals surface area contributed by atoms with E-state index in [-0.39, 0.29) is 5.43 Å². The van der Waals surface area contributed by atoms with E-state index < -0.39 is 0 Å². The van der Waals surface area contributed by atoms with Gasteiger partial charge in [0.25, 0.3) is 5.22 Å². The third-order valence-electron chi connectivity index (χ3n) is 5.25. The Labute approximate surface area is 182 Å². The largest absolute Gasteiger partial charge is 0.492 e. The Kier molecular flexibility index (Phi) is 5.57. The molecule has 1 aliphatic rings.